The fourth-order valence-electron chi connectivity index (χ4n) is 2.70. The Labute approximate surface area is 112 Å². The summed E-state index contributed by atoms with van der Waals surface area (Å²) in [6, 6.07) is 0. The minimum atomic E-state index is -0.391. The molecule has 2 aliphatic rings. The molecule has 1 N–H and O–H groups in total. The van der Waals surface area contributed by atoms with Crippen molar-refractivity contribution in [1.82, 2.24) is 10.2 Å². The van der Waals surface area contributed by atoms with E-state index in [2.05, 4.69) is 11.9 Å². The number of carbonyl (C=O) groups excluding carboxylic acids is 2. The highest BCUT2D eigenvalue weighted by Crippen LogP contribution is 2.40. The summed E-state index contributed by atoms with van der Waals surface area (Å²) in [4.78, 5) is 25.4. The van der Waals surface area contributed by atoms with Crippen LogP contribution < -0.4 is 5.32 Å². The second-order valence-corrected chi connectivity index (χ2v) is 5.02. The molecule has 0 radical (unpaired) electrons. The van der Waals surface area contributed by atoms with Crippen molar-refractivity contribution in [2.45, 2.75) is 6.92 Å². The Morgan fingerprint density at radius 2 is 2.21 bits per heavy atom. The second kappa shape index (κ2) is 5.61. The maximum absolute atomic E-state index is 12.0. The second-order valence-electron chi connectivity index (χ2n) is 5.02. The molecule has 2 aliphatic heterocycles. The lowest BCUT2D eigenvalue weighted by molar-refractivity contribution is -0.152. The quantitative estimate of drug-likeness (QED) is 0.590. The van der Waals surface area contributed by atoms with E-state index >= 15 is 0 Å². The molecule has 0 aromatic carbocycles. The SMILES string of the molecule is C=CCOC(=O)N1CC(C(=O)OCC)C2(CNC2)C1. The van der Waals surface area contributed by atoms with Crippen LogP contribution in [-0.4, -0.2) is 56.4 Å². The summed E-state index contributed by atoms with van der Waals surface area (Å²) >= 11 is 0. The Morgan fingerprint density at radius 3 is 2.74 bits per heavy atom. The van der Waals surface area contributed by atoms with Crippen molar-refractivity contribution < 1.29 is 19.1 Å². The molecule has 2 fully saturated rings. The Bertz CT molecular complexity index is 379. The van der Waals surface area contributed by atoms with Crippen molar-refractivity contribution in [1.29, 1.82) is 0 Å². The van der Waals surface area contributed by atoms with Crippen LogP contribution in [-0.2, 0) is 14.3 Å². The van der Waals surface area contributed by atoms with E-state index in [1.807, 2.05) is 0 Å². The van der Waals surface area contributed by atoms with Crippen LogP contribution in [0.2, 0.25) is 0 Å². The van der Waals surface area contributed by atoms with E-state index in [1.165, 1.54) is 6.08 Å². The number of nitrogens with one attached hydrogen (secondary N) is 1. The molecule has 2 rings (SSSR count). The zero-order valence-corrected chi connectivity index (χ0v) is 11.2. The zero-order chi connectivity index (χ0) is 13.9. The largest absolute Gasteiger partial charge is 0.466 e. The molecule has 2 heterocycles. The first-order valence-corrected chi connectivity index (χ1v) is 6.53. The number of carbonyl (C=O) groups is 2. The third-order valence-electron chi connectivity index (χ3n) is 3.76. The lowest BCUT2D eigenvalue weighted by Gasteiger charge is -2.42. The van der Waals surface area contributed by atoms with E-state index < -0.39 is 6.09 Å². The van der Waals surface area contributed by atoms with E-state index in [-0.39, 0.29) is 23.9 Å². The van der Waals surface area contributed by atoms with Crippen LogP contribution in [0.3, 0.4) is 0 Å². The predicted molar refractivity (Wildman–Crippen MR) is 68.5 cm³/mol. The molecule has 6 nitrogen and oxygen atoms in total. The normalized spacial score (nSPS) is 23.8. The van der Waals surface area contributed by atoms with Crippen LogP contribution in [0.15, 0.2) is 12.7 Å². The van der Waals surface area contributed by atoms with Gasteiger partial charge in [-0.25, -0.2) is 4.79 Å². The summed E-state index contributed by atoms with van der Waals surface area (Å²) in [5, 5.41) is 3.17. The van der Waals surface area contributed by atoms with Crippen LogP contribution in [0.1, 0.15) is 6.92 Å². The number of esters is 1. The Morgan fingerprint density at radius 1 is 1.47 bits per heavy atom. The first kappa shape index (κ1) is 13.9. The number of hydrogen-bond acceptors (Lipinski definition) is 5. The van der Waals surface area contributed by atoms with Gasteiger partial charge >= 0.3 is 12.1 Å². The Kier molecular flexibility index (Phi) is 4.09. The van der Waals surface area contributed by atoms with Crippen molar-refractivity contribution in [3.05, 3.63) is 12.7 Å². The van der Waals surface area contributed by atoms with Gasteiger partial charge in [-0.15, -0.1) is 0 Å². The molecule has 0 saturated carbocycles. The standard InChI is InChI=1S/C13H20N2O4/c1-3-5-19-12(17)15-6-10(11(16)18-4-2)13(9-15)7-14-8-13/h3,10,14H,1,4-9H2,2H3. The number of amides is 1. The molecular formula is C13H20N2O4. The van der Waals surface area contributed by atoms with Crippen LogP contribution in [0.25, 0.3) is 0 Å². The number of rotatable bonds is 4. The van der Waals surface area contributed by atoms with E-state index in [0.29, 0.717) is 19.7 Å². The third kappa shape index (κ3) is 2.58. The van der Waals surface area contributed by atoms with Gasteiger partial charge in [-0.3, -0.25) is 4.79 Å². The van der Waals surface area contributed by atoms with Gasteiger partial charge in [-0.2, -0.15) is 0 Å². The molecule has 0 bridgehead atoms. The first-order chi connectivity index (χ1) is 9.13. The Hall–Kier alpha value is -1.56. The molecule has 1 atom stereocenters. The highest BCUT2D eigenvalue weighted by Gasteiger charge is 2.55. The van der Waals surface area contributed by atoms with Crippen molar-refractivity contribution in [2.24, 2.45) is 11.3 Å². The van der Waals surface area contributed by atoms with Gasteiger partial charge in [0.15, 0.2) is 0 Å². The molecule has 0 aromatic rings. The van der Waals surface area contributed by atoms with Gasteiger partial charge in [-0.05, 0) is 6.92 Å². The molecular weight excluding hydrogens is 248 g/mol. The summed E-state index contributed by atoms with van der Waals surface area (Å²) in [6.45, 7) is 8.22. The molecule has 0 aromatic heterocycles. The molecule has 2 saturated heterocycles. The topological polar surface area (TPSA) is 67.9 Å². The zero-order valence-electron chi connectivity index (χ0n) is 11.2. The average Bonchev–Trinajstić information content (AvgIpc) is 2.76. The maximum Gasteiger partial charge on any atom is 0.410 e. The van der Waals surface area contributed by atoms with Gasteiger partial charge in [0.25, 0.3) is 0 Å². The third-order valence-corrected chi connectivity index (χ3v) is 3.76. The summed E-state index contributed by atoms with van der Waals surface area (Å²) in [5.41, 5.74) is -0.181. The molecule has 6 heteroatoms. The highest BCUT2D eigenvalue weighted by atomic mass is 16.6. The number of nitrogens with zero attached hydrogens (tertiary/aromatic N) is 1. The fraction of sp³-hybridized carbons (Fsp3) is 0.692. The minimum Gasteiger partial charge on any atom is -0.466 e. The average molecular weight is 268 g/mol. The highest BCUT2D eigenvalue weighted by molar-refractivity contribution is 5.77. The number of ether oxygens (including phenoxy) is 2. The molecule has 0 aliphatic carbocycles. The minimum absolute atomic E-state index is 0.181. The van der Waals surface area contributed by atoms with Gasteiger partial charge in [-0.1, -0.05) is 12.7 Å². The molecule has 1 spiro atoms. The fourth-order valence-corrected chi connectivity index (χ4v) is 2.70. The Balaban J connectivity index is 2.02. The van der Waals surface area contributed by atoms with E-state index in [9.17, 15) is 9.59 Å². The van der Waals surface area contributed by atoms with Crippen LogP contribution in [0, 0.1) is 11.3 Å². The molecule has 106 valence electrons. The van der Waals surface area contributed by atoms with Crippen LogP contribution in [0.4, 0.5) is 4.79 Å². The molecule has 1 amide bonds. The smallest absolute Gasteiger partial charge is 0.410 e. The van der Waals surface area contributed by atoms with Gasteiger partial charge in [0.1, 0.15) is 6.61 Å². The first-order valence-electron chi connectivity index (χ1n) is 6.53. The predicted octanol–water partition coefficient (Wildman–Crippen LogP) is 0.394. The van der Waals surface area contributed by atoms with E-state index in [1.54, 1.807) is 11.8 Å². The van der Waals surface area contributed by atoms with Gasteiger partial charge < -0.3 is 19.7 Å². The van der Waals surface area contributed by atoms with Gasteiger partial charge in [0, 0.05) is 31.6 Å². The summed E-state index contributed by atoms with van der Waals surface area (Å²) < 4.78 is 10.1. The molecule has 19 heavy (non-hydrogen) atoms. The van der Waals surface area contributed by atoms with Crippen molar-refractivity contribution in [3.8, 4) is 0 Å². The summed E-state index contributed by atoms with van der Waals surface area (Å²) in [6.07, 6.45) is 1.13. The van der Waals surface area contributed by atoms with Gasteiger partial charge in [0.05, 0.1) is 12.5 Å². The summed E-state index contributed by atoms with van der Waals surface area (Å²) in [7, 11) is 0. The van der Waals surface area contributed by atoms with Gasteiger partial charge in [0.2, 0.25) is 0 Å². The molecule has 1 unspecified atom stereocenters. The number of hydrogen-bond donors (Lipinski definition) is 1. The maximum atomic E-state index is 12.0. The monoisotopic (exact) mass is 268 g/mol. The van der Waals surface area contributed by atoms with Crippen molar-refractivity contribution in [3.63, 3.8) is 0 Å². The van der Waals surface area contributed by atoms with E-state index in [0.717, 1.165) is 13.1 Å². The lowest BCUT2D eigenvalue weighted by Crippen LogP contribution is -2.59. The van der Waals surface area contributed by atoms with Crippen molar-refractivity contribution in [2.75, 3.05) is 39.4 Å². The van der Waals surface area contributed by atoms with Crippen molar-refractivity contribution >= 4 is 12.1 Å². The van der Waals surface area contributed by atoms with E-state index in [4.69, 9.17) is 9.47 Å². The van der Waals surface area contributed by atoms with Crippen LogP contribution in [0.5, 0.6) is 0 Å². The lowest BCUT2D eigenvalue weighted by atomic mass is 9.73. The number of likely N-dealkylation sites (tertiary alicyclic amines) is 1. The summed E-state index contributed by atoms with van der Waals surface area (Å²) in [5.74, 6) is -0.479. The van der Waals surface area contributed by atoms with Crippen LogP contribution >= 0.6 is 0 Å².